The van der Waals surface area contributed by atoms with Gasteiger partial charge in [0.05, 0.1) is 13.2 Å². The number of benzene rings is 1. The quantitative estimate of drug-likeness (QED) is 0.852. The van der Waals surface area contributed by atoms with Gasteiger partial charge in [-0.3, -0.25) is 0 Å². The van der Waals surface area contributed by atoms with Gasteiger partial charge in [0.2, 0.25) is 11.9 Å². The van der Waals surface area contributed by atoms with Crippen molar-refractivity contribution in [2.45, 2.75) is 19.9 Å². The molecule has 0 aliphatic rings. The average Bonchev–Trinajstić information content (AvgIpc) is 2.47. The molecule has 21 heavy (non-hydrogen) atoms. The molecule has 1 heterocycles. The van der Waals surface area contributed by atoms with Gasteiger partial charge in [0.25, 0.3) is 0 Å². The third-order valence-electron chi connectivity index (χ3n) is 2.83. The Balaban J connectivity index is 2.19. The molecule has 2 rings (SSSR count). The van der Waals surface area contributed by atoms with E-state index in [2.05, 4.69) is 25.6 Å². The third-order valence-corrected chi connectivity index (χ3v) is 2.83. The lowest BCUT2D eigenvalue weighted by Gasteiger charge is -2.15. The maximum absolute atomic E-state index is 13.3. The first-order valence-electron chi connectivity index (χ1n) is 6.68. The summed E-state index contributed by atoms with van der Waals surface area (Å²) in [7, 11) is 1.49. The lowest BCUT2D eigenvalue weighted by atomic mass is 10.1. The van der Waals surface area contributed by atoms with E-state index in [-0.39, 0.29) is 17.9 Å². The standard InChI is InChI=1S/C14H18FN5O/c1-4-16-12-18-13(20-14(19-12)21-3)17-9(2)10-6-5-7-11(15)8-10/h5-9H,4H2,1-3H3,(H2,16,17,18,19,20). The molecule has 1 aromatic heterocycles. The third kappa shape index (κ3) is 4.01. The first-order valence-corrected chi connectivity index (χ1v) is 6.68. The van der Waals surface area contributed by atoms with Crippen LogP contribution in [0.15, 0.2) is 24.3 Å². The second kappa shape index (κ2) is 6.83. The predicted octanol–water partition coefficient (Wildman–Crippen LogP) is 2.62. The van der Waals surface area contributed by atoms with Crippen LogP contribution in [0.4, 0.5) is 16.3 Å². The van der Waals surface area contributed by atoms with Crippen molar-refractivity contribution in [2.24, 2.45) is 0 Å². The van der Waals surface area contributed by atoms with Gasteiger partial charge in [0, 0.05) is 6.54 Å². The lowest BCUT2D eigenvalue weighted by molar-refractivity contribution is 0.379. The van der Waals surface area contributed by atoms with Crippen LogP contribution in [0.25, 0.3) is 0 Å². The second-order valence-corrected chi connectivity index (χ2v) is 4.42. The van der Waals surface area contributed by atoms with Crippen molar-refractivity contribution in [1.82, 2.24) is 15.0 Å². The zero-order valence-electron chi connectivity index (χ0n) is 12.2. The fraction of sp³-hybridized carbons (Fsp3) is 0.357. The number of rotatable bonds is 6. The van der Waals surface area contributed by atoms with Crippen molar-refractivity contribution >= 4 is 11.9 Å². The van der Waals surface area contributed by atoms with E-state index in [1.54, 1.807) is 6.07 Å². The maximum Gasteiger partial charge on any atom is 0.322 e. The van der Waals surface area contributed by atoms with Gasteiger partial charge >= 0.3 is 6.01 Å². The van der Waals surface area contributed by atoms with Gasteiger partial charge in [0.1, 0.15) is 5.82 Å². The summed E-state index contributed by atoms with van der Waals surface area (Å²) in [5, 5.41) is 6.11. The number of nitrogens with one attached hydrogen (secondary N) is 2. The van der Waals surface area contributed by atoms with E-state index < -0.39 is 0 Å². The number of anilines is 2. The molecule has 2 aromatic rings. The minimum atomic E-state index is -0.275. The minimum Gasteiger partial charge on any atom is -0.467 e. The highest BCUT2D eigenvalue weighted by Crippen LogP contribution is 2.19. The van der Waals surface area contributed by atoms with Crippen molar-refractivity contribution in [3.8, 4) is 6.01 Å². The Morgan fingerprint density at radius 1 is 1.24 bits per heavy atom. The van der Waals surface area contributed by atoms with Crippen LogP contribution in [-0.2, 0) is 0 Å². The Bertz CT molecular complexity index is 608. The van der Waals surface area contributed by atoms with E-state index in [1.807, 2.05) is 19.9 Å². The number of ether oxygens (including phenoxy) is 1. The Labute approximate surface area is 122 Å². The summed E-state index contributed by atoms with van der Waals surface area (Å²) in [4.78, 5) is 12.5. The van der Waals surface area contributed by atoms with E-state index in [0.717, 1.165) is 5.56 Å². The van der Waals surface area contributed by atoms with Crippen LogP contribution >= 0.6 is 0 Å². The molecule has 0 spiro atoms. The van der Waals surface area contributed by atoms with Crippen molar-refractivity contribution < 1.29 is 9.13 Å². The largest absolute Gasteiger partial charge is 0.467 e. The second-order valence-electron chi connectivity index (χ2n) is 4.42. The molecule has 2 N–H and O–H groups in total. The summed E-state index contributed by atoms with van der Waals surface area (Å²) in [5.41, 5.74) is 0.805. The van der Waals surface area contributed by atoms with E-state index in [4.69, 9.17) is 4.74 Å². The Morgan fingerprint density at radius 2 is 2.00 bits per heavy atom. The Morgan fingerprint density at radius 3 is 2.67 bits per heavy atom. The van der Waals surface area contributed by atoms with E-state index in [1.165, 1.54) is 19.2 Å². The minimum absolute atomic E-state index is 0.151. The summed E-state index contributed by atoms with van der Waals surface area (Å²) in [6, 6.07) is 6.45. The molecule has 0 amide bonds. The van der Waals surface area contributed by atoms with Crippen molar-refractivity contribution in [3.63, 3.8) is 0 Å². The van der Waals surface area contributed by atoms with E-state index in [0.29, 0.717) is 18.4 Å². The van der Waals surface area contributed by atoms with Crippen LogP contribution in [0.2, 0.25) is 0 Å². The molecule has 7 heteroatoms. The summed E-state index contributed by atoms with van der Waals surface area (Å²) < 4.78 is 18.3. The van der Waals surface area contributed by atoms with Gasteiger partial charge in [-0.2, -0.15) is 15.0 Å². The monoisotopic (exact) mass is 291 g/mol. The van der Waals surface area contributed by atoms with Crippen molar-refractivity contribution in [1.29, 1.82) is 0 Å². The van der Waals surface area contributed by atoms with Crippen LogP contribution in [-0.4, -0.2) is 28.6 Å². The van der Waals surface area contributed by atoms with Gasteiger partial charge in [0.15, 0.2) is 0 Å². The molecule has 0 bridgehead atoms. The predicted molar refractivity (Wildman–Crippen MR) is 79.0 cm³/mol. The number of methoxy groups -OCH3 is 1. The van der Waals surface area contributed by atoms with E-state index in [9.17, 15) is 4.39 Å². The molecule has 112 valence electrons. The van der Waals surface area contributed by atoms with Crippen LogP contribution in [0.3, 0.4) is 0 Å². The van der Waals surface area contributed by atoms with Crippen LogP contribution < -0.4 is 15.4 Å². The molecule has 6 nitrogen and oxygen atoms in total. The van der Waals surface area contributed by atoms with Crippen LogP contribution in [0.1, 0.15) is 25.5 Å². The molecule has 0 saturated carbocycles. The fourth-order valence-electron chi connectivity index (χ4n) is 1.80. The topological polar surface area (TPSA) is 72.0 Å². The maximum atomic E-state index is 13.3. The Kier molecular flexibility index (Phi) is 4.86. The number of hydrogen-bond donors (Lipinski definition) is 2. The zero-order chi connectivity index (χ0) is 15.2. The SMILES string of the molecule is CCNc1nc(NC(C)c2cccc(F)c2)nc(OC)n1. The van der Waals surface area contributed by atoms with Gasteiger partial charge < -0.3 is 15.4 Å². The number of aromatic nitrogens is 3. The van der Waals surface area contributed by atoms with Gasteiger partial charge in [-0.25, -0.2) is 4.39 Å². The summed E-state index contributed by atoms with van der Waals surface area (Å²) >= 11 is 0. The highest BCUT2D eigenvalue weighted by molar-refractivity contribution is 5.38. The van der Waals surface area contributed by atoms with Gasteiger partial charge in [-0.05, 0) is 31.5 Å². The molecule has 0 fully saturated rings. The number of hydrogen-bond acceptors (Lipinski definition) is 6. The van der Waals surface area contributed by atoms with Crippen molar-refractivity contribution in [2.75, 3.05) is 24.3 Å². The number of nitrogens with zero attached hydrogens (tertiary/aromatic N) is 3. The highest BCUT2D eigenvalue weighted by atomic mass is 19.1. The molecule has 0 saturated heterocycles. The summed E-state index contributed by atoms with van der Waals surface area (Å²) in [6.07, 6.45) is 0. The Hall–Kier alpha value is -2.44. The highest BCUT2D eigenvalue weighted by Gasteiger charge is 2.11. The first-order chi connectivity index (χ1) is 10.1. The van der Waals surface area contributed by atoms with Gasteiger partial charge in [-0.1, -0.05) is 12.1 Å². The van der Waals surface area contributed by atoms with Crippen LogP contribution in [0.5, 0.6) is 6.01 Å². The molecule has 0 radical (unpaired) electrons. The smallest absolute Gasteiger partial charge is 0.322 e. The van der Waals surface area contributed by atoms with E-state index >= 15 is 0 Å². The molecular weight excluding hydrogens is 273 g/mol. The average molecular weight is 291 g/mol. The summed E-state index contributed by atoms with van der Waals surface area (Å²) in [5.74, 6) is 0.524. The molecular formula is C14H18FN5O. The molecule has 1 unspecified atom stereocenters. The fourth-order valence-corrected chi connectivity index (χ4v) is 1.80. The lowest BCUT2D eigenvalue weighted by Crippen LogP contribution is -2.13. The molecule has 1 aromatic carbocycles. The van der Waals surface area contributed by atoms with Crippen molar-refractivity contribution in [3.05, 3.63) is 35.6 Å². The number of halogens is 1. The molecule has 1 atom stereocenters. The molecule has 0 aliphatic heterocycles. The van der Waals surface area contributed by atoms with Crippen LogP contribution in [0, 0.1) is 5.82 Å². The normalized spacial score (nSPS) is 11.8. The first kappa shape index (κ1) is 15.0. The zero-order valence-corrected chi connectivity index (χ0v) is 12.2. The molecule has 0 aliphatic carbocycles. The van der Waals surface area contributed by atoms with Gasteiger partial charge in [-0.15, -0.1) is 0 Å². The summed E-state index contributed by atoms with van der Waals surface area (Å²) in [6.45, 7) is 4.53.